The number of nitrogens with zero attached hydrogens (tertiary/aromatic N) is 1. The number of nitro groups is 1. The van der Waals surface area contributed by atoms with E-state index in [0.717, 1.165) is 23.2 Å². The zero-order valence-electron chi connectivity index (χ0n) is 14.6. The van der Waals surface area contributed by atoms with Gasteiger partial charge in [0.05, 0.1) is 25.2 Å². The molecule has 4 rings (SSSR count). The van der Waals surface area contributed by atoms with Gasteiger partial charge in [-0.2, -0.15) is 0 Å². The molecule has 0 bridgehead atoms. The Morgan fingerprint density at radius 1 is 1.12 bits per heavy atom. The zero-order valence-corrected chi connectivity index (χ0v) is 14.6. The molecule has 0 unspecified atom stereocenters. The lowest BCUT2D eigenvalue weighted by Gasteiger charge is -2.37. The quantitative estimate of drug-likeness (QED) is 0.500. The molecular weight excluding hydrogens is 332 g/mol. The molecule has 0 amide bonds. The van der Waals surface area contributed by atoms with E-state index < -0.39 is 0 Å². The van der Waals surface area contributed by atoms with Crippen molar-refractivity contribution in [2.24, 2.45) is 5.92 Å². The Bertz CT molecular complexity index is 893. The summed E-state index contributed by atoms with van der Waals surface area (Å²) in [5, 5.41) is 14.7. The van der Waals surface area contributed by atoms with Crippen LogP contribution in [0, 0.1) is 16.0 Å². The average molecular weight is 352 g/mol. The maximum Gasteiger partial charge on any atom is 0.269 e. The monoisotopic (exact) mass is 352 g/mol. The van der Waals surface area contributed by atoms with Crippen LogP contribution in [-0.2, 0) is 0 Å². The first kappa shape index (κ1) is 16.4. The van der Waals surface area contributed by atoms with Gasteiger partial charge in [0.25, 0.3) is 5.69 Å². The molecule has 2 aromatic rings. The minimum atomic E-state index is -0.339. The van der Waals surface area contributed by atoms with Gasteiger partial charge in [-0.05, 0) is 41.7 Å². The van der Waals surface area contributed by atoms with Gasteiger partial charge in [0, 0.05) is 23.7 Å². The molecule has 1 aliphatic carbocycles. The van der Waals surface area contributed by atoms with E-state index in [-0.39, 0.29) is 22.6 Å². The van der Waals surface area contributed by atoms with Gasteiger partial charge in [-0.15, -0.1) is 0 Å². The molecule has 0 saturated carbocycles. The molecule has 6 heteroatoms. The molecule has 0 radical (unpaired) electrons. The van der Waals surface area contributed by atoms with E-state index in [1.165, 1.54) is 0 Å². The van der Waals surface area contributed by atoms with Crippen LogP contribution in [0.25, 0.3) is 0 Å². The highest BCUT2D eigenvalue weighted by atomic mass is 16.6. The van der Waals surface area contributed by atoms with E-state index in [9.17, 15) is 10.1 Å². The minimum Gasteiger partial charge on any atom is -0.493 e. The van der Waals surface area contributed by atoms with Crippen LogP contribution in [0.5, 0.6) is 11.5 Å². The maximum absolute atomic E-state index is 11.1. The fourth-order valence-corrected chi connectivity index (χ4v) is 4.07. The summed E-state index contributed by atoms with van der Waals surface area (Å²) >= 11 is 0. The van der Waals surface area contributed by atoms with Crippen LogP contribution in [0.4, 0.5) is 11.4 Å². The summed E-state index contributed by atoms with van der Waals surface area (Å²) in [4.78, 5) is 10.8. The molecule has 0 aromatic heterocycles. The predicted octanol–water partition coefficient (Wildman–Crippen LogP) is 4.44. The minimum absolute atomic E-state index is 0.101. The Morgan fingerprint density at radius 3 is 2.65 bits per heavy atom. The fraction of sp³-hybridized carbons (Fsp3) is 0.300. The van der Waals surface area contributed by atoms with Gasteiger partial charge >= 0.3 is 0 Å². The Hall–Kier alpha value is -3.02. The Balaban J connectivity index is 1.75. The van der Waals surface area contributed by atoms with Crippen LogP contribution >= 0.6 is 0 Å². The number of hydrogen-bond acceptors (Lipinski definition) is 5. The van der Waals surface area contributed by atoms with Gasteiger partial charge in [-0.1, -0.05) is 18.2 Å². The van der Waals surface area contributed by atoms with Crippen molar-refractivity contribution in [1.29, 1.82) is 0 Å². The van der Waals surface area contributed by atoms with Gasteiger partial charge in [0.15, 0.2) is 11.5 Å². The molecule has 134 valence electrons. The smallest absolute Gasteiger partial charge is 0.269 e. The van der Waals surface area contributed by atoms with Crippen molar-refractivity contribution in [2.75, 3.05) is 19.5 Å². The Kier molecular flexibility index (Phi) is 4.03. The molecular formula is C20H20N2O4. The lowest BCUT2D eigenvalue weighted by molar-refractivity contribution is -0.384. The number of non-ortho nitro benzene ring substituents is 1. The van der Waals surface area contributed by atoms with Gasteiger partial charge < -0.3 is 14.8 Å². The number of nitro benzene ring substituents is 1. The fourth-order valence-electron chi connectivity index (χ4n) is 4.07. The molecule has 2 aromatic carbocycles. The van der Waals surface area contributed by atoms with E-state index in [1.807, 2.05) is 24.3 Å². The second-order valence-electron chi connectivity index (χ2n) is 6.62. The molecule has 26 heavy (non-hydrogen) atoms. The number of rotatable bonds is 4. The number of fused-ring (bicyclic) bond motifs is 3. The van der Waals surface area contributed by atoms with E-state index in [2.05, 4.69) is 17.5 Å². The van der Waals surface area contributed by atoms with Crippen LogP contribution in [0.15, 0.2) is 48.6 Å². The lowest BCUT2D eigenvalue weighted by Crippen LogP contribution is -2.29. The summed E-state index contributed by atoms with van der Waals surface area (Å²) in [6.07, 6.45) is 5.26. The van der Waals surface area contributed by atoms with Crippen LogP contribution < -0.4 is 14.8 Å². The summed E-state index contributed by atoms with van der Waals surface area (Å²) < 4.78 is 10.8. The molecule has 0 fully saturated rings. The molecule has 6 nitrogen and oxygen atoms in total. The molecule has 0 spiro atoms. The molecule has 1 N–H and O–H groups in total. The number of nitrogens with one attached hydrogen (secondary N) is 1. The standard InChI is InChI=1S/C20H20N2O4/c1-25-18-9-6-12(10-19(18)26-2)20-15-5-3-4-14(15)16-11-13(22(23)24)7-8-17(16)21-20/h3-4,6-11,14-15,20-21H,5H2,1-2H3/t14-,15+,20+/m1/s1. The number of methoxy groups -OCH3 is 2. The summed E-state index contributed by atoms with van der Waals surface area (Å²) in [6.45, 7) is 0. The first-order valence-electron chi connectivity index (χ1n) is 8.56. The first-order valence-corrected chi connectivity index (χ1v) is 8.56. The summed E-state index contributed by atoms with van der Waals surface area (Å²) in [5.74, 6) is 1.87. The Labute approximate surface area is 151 Å². The second kappa shape index (κ2) is 6.37. The number of benzene rings is 2. The van der Waals surface area contributed by atoms with E-state index in [4.69, 9.17) is 9.47 Å². The van der Waals surface area contributed by atoms with E-state index in [0.29, 0.717) is 17.4 Å². The van der Waals surface area contributed by atoms with Crippen molar-refractivity contribution in [1.82, 2.24) is 0 Å². The van der Waals surface area contributed by atoms with Gasteiger partial charge in [0.1, 0.15) is 0 Å². The summed E-state index contributed by atoms with van der Waals surface area (Å²) in [7, 11) is 3.25. The molecule has 1 heterocycles. The summed E-state index contributed by atoms with van der Waals surface area (Å²) in [6, 6.07) is 11.1. The van der Waals surface area contributed by atoms with Crippen LogP contribution in [0.1, 0.15) is 29.5 Å². The van der Waals surface area contributed by atoms with Gasteiger partial charge in [-0.3, -0.25) is 10.1 Å². The highest BCUT2D eigenvalue weighted by molar-refractivity contribution is 5.63. The highest BCUT2D eigenvalue weighted by Gasteiger charge is 2.38. The zero-order chi connectivity index (χ0) is 18.3. The number of hydrogen-bond donors (Lipinski definition) is 1. The van der Waals surface area contributed by atoms with E-state index in [1.54, 1.807) is 26.4 Å². The van der Waals surface area contributed by atoms with E-state index >= 15 is 0 Å². The van der Waals surface area contributed by atoms with Crippen molar-refractivity contribution in [3.05, 3.63) is 69.8 Å². The van der Waals surface area contributed by atoms with Crippen molar-refractivity contribution in [3.63, 3.8) is 0 Å². The molecule has 2 aliphatic rings. The lowest BCUT2D eigenvalue weighted by atomic mass is 9.77. The molecule has 0 saturated heterocycles. The number of ether oxygens (including phenoxy) is 2. The SMILES string of the molecule is COc1ccc([C@@H]2Nc3ccc([N+](=O)[O-])cc3[C@@H]3C=CC[C@@H]32)cc1OC. The third-order valence-electron chi connectivity index (χ3n) is 5.32. The second-order valence-corrected chi connectivity index (χ2v) is 6.62. The maximum atomic E-state index is 11.1. The van der Waals surface area contributed by atoms with Crippen molar-refractivity contribution < 1.29 is 14.4 Å². The third-order valence-corrected chi connectivity index (χ3v) is 5.32. The number of anilines is 1. The van der Waals surface area contributed by atoms with Crippen LogP contribution in [-0.4, -0.2) is 19.1 Å². The highest BCUT2D eigenvalue weighted by Crippen LogP contribution is 2.51. The molecule has 1 aliphatic heterocycles. The van der Waals surface area contributed by atoms with Gasteiger partial charge in [-0.25, -0.2) is 0 Å². The van der Waals surface area contributed by atoms with Crippen LogP contribution in [0.3, 0.4) is 0 Å². The van der Waals surface area contributed by atoms with Crippen molar-refractivity contribution >= 4 is 11.4 Å². The summed E-state index contributed by atoms with van der Waals surface area (Å²) in [5.41, 5.74) is 3.19. The topological polar surface area (TPSA) is 73.6 Å². The number of allylic oxidation sites excluding steroid dienone is 2. The van der Waals surface area contributed by atoms with Crippen molar-refractivity contribution in [2.45, 2.75) is 18.4 Å². The van der Waals surface area contributed by atoms with Gasteiger partial charge in [0.2, 0.25) is 0 Å². The average Bonchev–Trinajstić information content (AvgIpc) is 3.16. The Morgan fingerprint density at radius 2 is 1.92 bits per heavy atom. The molecule has 3 atom stereocenters. The third kappa shape index (κ3) is 2.58. The van der Waals surface area contributed by atoms with Crippen LogP contribution in [0.2, 0.25) is 0 Å². The normalized spacial score (nSPS) is 22.9. The largest absolute Gasteiger partial charge is 0.493 e. The van der Waals surface area contributed by atoms with Crippen molar-refractivity contribution in [3.8, 4) is 11.5 Å². The predicted molar refractivity (Wildman–Crippen MR) is 99.0 cm³/mol. The first-order chi connectivity index (χ1) is 12.6.